The zero-order chi connectivity index (χ0) is 16.2. The van der Waals surface area contributed by atoms with Gasteiger partial charge in [-0.25, -0.2) is 0 Å². The molecule has 0 aliphatic carbocycles. The van der Waals surface area contributed by atoms with Crippen LogP contribution in [-0.2, 0) is 16.8 Å². The van der Waals surface area contributed by atoms with Gasteiger partial charge in [0.05, 0.1) is 6.54 Å². The van der Waals surface area contributed by atoms with Crippen molar-refractivity contribution in [3.63, 3.8) is 0 Å². The van der Waals surface area contributed by atoms with Crippen LogP contribution in [0, 0.1) is 0 Å². The lowest BCUT2D eigenvalue weighted by Gasteiger charge is -2.34. The summed E-state index contributed by atoms with van der Waals surface area (Å²) in [5.74, 6) is 0.0930. The van der Waals surface area contributed by atoms with E-state index in [-0.39, 0.29) is 12.7 Å². The minimum Gasteiger partial charge on any atom is -0.358 e. The highest BCUT2D eigenvalue weighted by Crippen LogP contribution is 2.20. The molecular formula is C17H30N4O. The monoisotopic (exact) mass is 306 g/mol. The SMILES string of the molecule is CNC(=O)CN1CCN(Cc2ccc(C(C)(C)C)nc2)CC1.[HH]. The van der Waals surface area contributed by atoms with Crippen molar-refractivity contribution in [2.24, 2.45) is 0 Å². The van der Waals surface area contributed by atoms with Gasteiger partial charge in [0.2, 0.25) is 5.91 Å². The fourth-order valence-corrected chi connectivity index (χ4v) is 2.61. The number of pyridine rings is 1. The normalized spacial score (nSPS) is 17.5. The van der Waals surface area contributed by atoms with Gasteiger partial charge in [-0.05, 0) is 11.6 Å². The number of piperazine rings is 1. The number of carbonyl (C=O) groups is 1. The molecule has 1 aromatic rings. The fraction of sp³-hybridized carbons (Fsp3) is 0.647. The Morgan fingerprint density at radius 2 is 1.86 bits per heavy atom. The summed E-state index contributed by atoms with van der Waals surface area (Å²) in [6.45, 7) is 11.9. The number of nitrogens with one attached hydrogen (secondary N) is 1. The number of hydrogen-bond donors (Lipinski definition) is 1. The summed E-state index contributed by atoms with van der Waals surface area (Å²) in [6.07, 6.45) is 2.00. The van der Waals surface area contributed by atoms with E-state index >= 15 is 0 Å². The van der Waals surface area contributed by atoms with Crippen molar-refractivity contribution in [1.82, 2.24) is 20.1 Å². The third kappa shape index (κ3) is 4.78. The number of amides is 1. The quantitative estimate of drug-likeness (QED) is 0.915. The minimum absolute atomic E-state index is 0. The number of carbonyl (C=O) groups excluding carboxylic acids is 1. The molecule has 0 saturated carbocycles. The van der Waals surface area contributed by atoms with Crippen molar-refractivity contribution >= 4 is 5.91 Å². The topological polar surface area (TPSA) is 48.5 Å². The van der Waals surface area contributed by atoms with E-state index < -0.39 is 0 Å². The third-order valence-electron chi connectivity index (χ3n) is 4.11. The van der Waals surface area contributed by atoms with Crippen molar-refractivity contribution in [2.45, 2.75) is 32.7 Å². The van der Waals surface area contributed by atoms with E-state index in [1.165, 1.54) is 5.56 Å². The molecule has 1 saturated heterocycles. The number of likely N-dealkylation sites (N-methyl/N-ethyl adjacent to an activating group) is 1. The van der Waals surface area contributed by atoms with Crippen LogP contribution < -0.4 is 5.32 Å². The lowest BCUT2D eigenvalue weighted by Crippen LogP contribution is -2.48. The molecule has 2 heterocycles. The fourth-order valence-electron chi connectivity index (χ4n) is 2.61. The Kier molecular flexibility index (Phi) is 5.53. The largest absolute Gasteiger partial charge is 0.358 e. The van der Waals surface area contributed by atoms with E-state index in [9.17, 15) is 4.79 Å². The number of aromatic nitrogens is 1. The van der Waals surface area contributed by atoms with E-state index in [1.807, 2.05) is 6.20 Å². The molecule has 0 radical (unpaired) electrons. The summed E-state index contributed by atoms with van der Waals surface area (Å²) >= 11 is 0. The molecule has 0 unspecified atom stereocenters. The molecule has 1 fully saturated rings. The molecular weight excluding hydrogens is 276 g/mol. The predicted octanol–water partition coefficient (Wildman–Crippen LogP) is 1.49. The molecule has 1 aliphatic rings. The van der Waals surface area contributed by atoms with E-state index in [0.29, 0.717) is 6.54 Å². The van der Waals surface area contributed by atoms with Crippen LogP contribution in [0.5, 0.6) is 0 Å². The van der Waals surface area contributed by atoms with E-state index in [1.54, 1.807) is 7.05 Å². The van der Waals surface area contributed by atoms with Gasteiger partial charge < -0.3 is 5.32 Å². The lowest BCUT2D eigenvalue weighted by atomic mass is 9.91. The van der Waals surface area contributed by atoms with Crippen LogP contribution in [0.4, 0.5) is 0 Å². The van der Waals surface area contributed by atoms with E-state index in [4.69, 9.17) is 0 Å². The summed E-state index contributed by atoms with van der Waals surface area (Å²) in [5, 5.41) is 2.68. The number of rotatable bonds is 4. The maximum absolute atomic E-state index is 11.4. The second-order valence-electron chi connectivity index (χ2n) is 7.03. The van der Waals surface area contributed by atoms with Crippen LogP contribution in [0.3, 0.4) is 0 Å². The van der Waals surface area contributed by atoms with Gasteiger partial charge >= 0.3 is 0 Å². The first kappa shape index (κ1) is 16.9. The van der Waals surface area contributed by atoms with Gasteiger partial charge in [-0.2, -0.15) is 0 Å². The predicted molar refractivity (Wildman–Crippen MR) is 90.8 cm³/mol. The Morgan fingerprint density at radius 1 is 1.23 bits per heavy atom. The zero-order valence-corrected chi connectivity index (χ0v) is 14.2. The molecule has 0 atom stereocenters. The molecule has 0 bridgehead atoms. The molecule has 5 nitrogen and oxygen atoms in total. The molecule has 1 amide bonds. The van der Waals surface area contributed by atoms with Crippen molar-refractivity contribution in [3.8, 4) is 0 Å². The standard InChI is InChI=1S/C17H28N4O.H2/c1-17(2,3)15-6-5-14(11-19-15)12-20-7-9-21(10-8-20)13-16(22)18-4;/h5-6,11H,7-10,12-13H2,1-4H3,(H,18,22);1H. The second kappa shape index (κ2) is 7.20. The molecule has 22 heavy (non-hydrogen) atoms. The van der Waals surface area contributed by atoms with Crippen LogP contribution in [0.2, 0.25) is 0 Å². The molecule has 0 aromatic carbocycles. The first-order chi connectivity index (χ1) is 10.4. The maximum atomic E-state index is 11.4. The van der Waals surface area contributed by atoms with E-state index in [2.05, 4.69) is 53.0 Å². The third-order valence-corrected chi connectivity index (χ3v) is 4.11. The maximum Gasteiger partial charge on any atom is 0.233 e. The van der Waals surface area contributed by atoms with Crippen molar-refractivity contribution in [1.29, 1.82) is 0 Å². The molecule has 1 N–H and O–H groups in total. The molecule has 5 heteroatoms. The Morgan fingerprint density at radius 3 is 2.36 bits per heavy atom. The van der Waals surface area contributed by atoms with E-state index in [0.717, 1.165) is 38.4 Å². The second-order valence-corrected chi connectivity index (χ2v) is 7.03. The van der Waals surface area contributed by atoms with Crippen molar-refractivity contribution in [3.05, 3.63) is 29.6 Å². The highest BCUT2D eigenvalue weighted by atomic mass is 16.1. The Hall–Kier alpha value is -1.46. The summed E-state index contributed by atoms with van der Waals surface area (Å²) in [6, 6.07) is 4.32. The Bertz CT molecular complexity index is 490. The smallest absolute Gasteiger partial charge is 0.233 e. The highest BCUT2D eigenvalue weighted by Gasteiger charge is 2.19. The average Bonchev–Trinajstić information content (AvgIpc) is 2.49. The minimum atomic E-state index is 0. The first-order valence-electron chi connectivity index (χ1n) is 7.99. The van der Waals surface area contributed by atoms with Crippen molar-refractivity contribution in [2.75, 3.05) is 39.8 Å². The lowest BCUT2D eigenvalue weighted by molar-refractivity contribution is -0.122. The van der Waals surface area contributed by atoms with Crippen molar-refractivity contribution < 1.29 is 6.22 Å². The molecule has 1 aliphatic heterocycles. The summed E-state index contributed by atoms with van der Waals surface area (Å²) in [5.41, 5.74) is 2.49. The number of hydrogen-bond acceptors (Lipinski definition) is 4. The first-order valence-corrected chi connectivity index (χ1v) is 7.99. The summed E-state index contributed by atoms with van der Waals surface area (Å²) in [4.78, 5) is 20.6. The van der Waals surface area contributed by atoms with Gasteiger partial charge in [0, 0.05) is 58.5 Å². The van der Waals surface area contributed by atoms with Crippen LogP contribution >= 0.6 is 0 Å². The highest BCUT2D eigenvalue weighted by molar-refractivity contribution is 5.77. The van der Waals surface area contributed by atoms with Gasteiger partial charge in [-0.1, -0.05) is 26.8 Å². The molecule has 0 spiro atoms. The molecule has 124 valence electrons. The number of nitrogens with zero attached hydrogens (tertiary/aromatic N) is 3. The van der Waals surface area contributed by atoms with Gasteiger partial charge in [-0.3, -0.25) is 19.6 Å². The Balaban J connectivity index is 0.00000264. The van der Waals surface area contributed by atoms with Crippen LogP contribution in [0.1, 0.15) is 33.5 Å². The molecule has 2 rings (SSSR count). The van der Waals surface area contributed by atoms with Crippen LogP contribution in [-0.4, -0.2) is 60.5 Å². The van der Waals surface area contributed by atoms with Crippen LogP contribution in [0.15, 0.2) is 18.3 Å². The van der Waals surface area contributed by atoms with Gasteiger partial charge in [0.1, 0.15) is 0 Å². The van der Waals surface area contributed by atoms with Gasteiger partial charge in [-0.15, -0.1) is 0 Å². The van der Waals surface area contributed by atoms with Gasteiger partial charge in [0.15, 0.2) is 0 Å². The molecule has 1 aromatic heterocycles. The summed E-state index contributed by atoms with van der Waals surface area (Å²) in [7, 11) is 1.69. The van der Waals surface area contributed by atoms with Crippen LogP contribution in [0.25, 0.3) is 0 Å². The van der Waals surface area contributed by atoms with Gasteiger partial charge in [0.25, 0.3) is 0 Å². The zero-order valence-electron chi connectivity index (χ0n) is 14.2. The Labute approximate surface area is 135 Å². The average molecular weight is 306 g/mol. The summed E-state index contributed by atoms with van der Waals surface area (Å²) < 4.78 is 0.